The number of nitrogens with one attached hydrogen (secondary N) is 2. The third kappa shape index (κ3) is 7.34. The van der Waals surface area contributed by atoms with E-state index < -0.39 is 11.7 Å². The SMILES string of the molecule is CCN[C@H](C)CNC(=O)Cc1ccc(C(F)(F)F)cc1.Cl. The summed E-state index contributed by atoms with van der Waals surface area (Å²) in [5.74, 6) is -0.200. The van der Waals surface area contributed by atoms with Crippen molar-refractivity contribution in [2.24, 2.45) is 0 Å². The maximum Gasteiger partial charge on any atom is 0.416 e. The lowest BCUT2D eigenvalue weighted by molar-refractivity contribution is -0.137. The summed E-state index contributed by atoms with van der Waals surface area (Å²) < 4.78 is 37.1. The molecule has 0 aromatic heterocycles. The monoisotopic (exact) mass is 324 g/mol. The molecule has 120 valence electrons. The predicted molar refractivity (Wildman–Crippen MR) is 78.5 cm³/mol. The Bertz CT molecular complexity index is 435. The van der Waals surface area contributed by atoms with Crippen molar-refractivity contribution in [2.75, 3.05) is 13.1 Å². The number of alkyl halides is 3. The van der Waals surface area contributed by atoms with Crippen LogP contribution in [0.3, 0.4) is 0 Å². The maximum absolute atomic E-state index is 12.4. The molecule has 1 aromatic rings. The van der Waals surface area contributed by atoms with E-state index in [1.807, 2.05) is 13.8 Å². The van der Waals surface area contributed by atoms with E-state index in [1.54, 1.807) is 0 Å². The Morgan fingerprint density at radius 2 is 1.81 bits per heavy atom. The van der Waals surface area contributed by atoms with Crippen LogP contribution in [0.2, 0.25) is 0 Å². The summed E-state index contributed by atoms with van der Waals surface area (Å²) in [6.07, 6.45) is -4.26. The van der Waals surface area contributed by atoms with Crippen molar-refractivity contribution in [3.8, 4) is 0 Å². The Morgan fingerprint density at radius 3 is 2.29 bits per heavy atom. The Morgan fingerprint density at radius 1 is 1.24 bits per heavy atom. The molecule has 0 saturated heterocycles. The lowest BCUT2D eigenvalue weighted by Crippen LogP contribution is -2.39. The minimum Gasteiger partial charge on any atom is -0.354 e. The van der Waals surface area contributed by atoms with Gasteiger partial charge in [-0.1, -0.05) is 19.1 Å². The summed E-state index contributed by atoms with van der Waals surface area (Å²) in [7, 11) is 0. The number of hydrogen-bond acceptors (Lipinski definition) is 2. The van der Waals surface area contributed by atoms with E-state index in [1.165, 1.54) is 12.1 Å². The predicted octanol–water partition coefficient (Wildman–Crippen LogP) is 2.78. The molecule has 0 spiro atoms. The molecular formula is C14H20ClF3N2O. The van der Waals surface area contributed by atoms with E-state index in [2.05, 4.69) is 10.6 Å². The van der Waals surface area contributed by atoms with Crippen molar-refractivity contribution < 1.29 is 18.0 Å². The number of amides is 1. The van der Waals surface area contributed by atoms with E-state index in [0.29, 0.717) is 12.1 Å². The van der Waals surface area contributed by atoms with Gasteiger partial charge < -0.3 is 10.6 Å². The molecule has 0 unspecified atom stereocenters. The smallest absolute Gasteiger partial charge is 0.354 e. The van der Waals surface area contributed by atoms with Gasteiger partial charge in [-0.3, -0.25) is 4.79 Å². The van der Waals surface area contributed by atoms with Crippen LogP contribution in [0.5, 0.6) is 0 Å². The first-order chi connectivity index (χ1) is 9.32. The minimum absolute atomic E-state index is 0. The zero-order valence-corrected chi connectivity index (χ0v) is 12.8. The highest BCUT2D eigenvalue weighted by molar-refractivity contribution is 5.85. The maximum atomic E-state index is 12.4. The van der Waals surface area contributed by atoms with Crippen molar-refractivity contribution in [3.63, 3.8) is 0 Å². The Hall–Kier alpha value is -1.27. The van der Waals surface area contributed by atoms with E-state index in [0.717, 1.165) is 18.7 Å². The summed E-state index contributed by atoms with van der Waals surface area (Å²) >= 11 is 0. The van der Waals surface area contributed by atoms with Crippen molar-refractivity contribution in [3.05, 3.63) is 35.4 Å². The first-order valence-electron chi connectivity index (χ1n) is 6.49. The molecule has 0 bridgehead atoms. The first-order valence-corrected chi connectivity index (χ1v) is 6.49. The van der Waals surface area contributed by atoms with Gasteiger partial charge in [-0.15, -0.1) is 12.4 Å². The largest absolute Gasteiger partial charge is 0.416 e. The van der Waals surface area contributed by atoms with Crippen LogP contribution in [0.4, 0.5) is 13.2 Å². The molecule has 7 heteroatoms. The Kier molecular flexibility index (Phi) is 8.36. The number of carbonyl (C=O) groups is 1. The number of benzene rings is 1. The molecule has 0 fully saturated rings. The van der Waals surface area contributed by atoms with E-state index in [-0.39, 0.29) is 30.8 Å². The summed E-state index contributed by atoms with van der Waals surface area (Å²) in [5, 5.41) is 5.89. The second-order valence-corrected chi connectivity index (χ2v) is 4.63. The van der Waals surface area contributed by atoms with Gasteiger partial charge in [0.2, 0.25) is 5.91 Å². The van der Waals surface area contributed by atoms with Crippen LogP contribution in [0, 0.1) is 0 Å². The van der Waals surface area contributed by atoms with Crippen LogP contribution in [0.1, 0.15) is 25.0 Å². The van der Waals surface area contributed by atoms with Crippen LogP contribution in [0.25, 0.3) is 0 Å². The van der Waals surface area contributed by atoms with Gasteiger partial charge in [0, 0.05) is 12.6 Å². The molecule has 2 N–H and O–H groups in total. The van der Waals surface area contributed by atoms with Gasteiger partial charge in [-0.05, 0) is 31.2 Å². The second kappa shape index (κ2) is 8.89. The quantitative estimate of drug-likeness (QED) is 0.845. The summed E-state index contributed by atoms with van der Waals surface area (Å²) in [6, 6.07) is 4.80. The molecule has 1 aromatic carbocycles. The summed E-state index contributed by atoms with van der Waals surface area (Å²) in [5.41, 5.74) is -0.144. The fraction of sp³-hybridized carbons (Fsp3) is 0.500. The fourth-order valence-electron chi connectivity index (χ4n) is 1.75. The summed E-state index contributed by atoms with van der Waals surface area (Å²) in [4.78, 5) is 11.6. The zero-order chi connectivity index (χ0) is 15.2. The third-order valence-electron chi connectivity index (χ3n) is 2.80. The van der Waals surface area contributed by atoms with Gasteiger partial charge in [-0.2, -0.15) is 13.2 Å². The highest BCUT2D eigenvalue weighted by Crippen LogP contribution is 2.29. The lowest BCUT2D eigenvalue weighted by atomic mass is 10.1. The van der Waals surface area contributed by atoms with Crippen LogP contribution < -0.4 is 10.6 Å². The Balaban J connectivity index is 0.00000400. The number of rotatable bonds is 6. The minimum atomic E-state index is -4.35. The van der Waals surface area contributed by atoms with Gasteiger partial charge in [0.05, 0.1) is 12.0 Å². The average molecular weight is 325 g/mol. The molecule has 0 saturated carbocycles. The number of halogens is 4. The van der Waals surface area contributed by atoms with Crippen molar-refractivity contribution in [1.82, 2.24) is 10.6 Å². The average Bonchev–Trinajstić information content (AvgIpc) is 2.36. The number of likely N-dealkylation sites (N-methyl/N-ethyl adjacent to an activating group) is 1. The van der Waals surface area contributed by atoms with Gasteiger partial charge in [0.15, 0.2) is 0 Å². The number of carbonyl (C=O) groups excluding carboxylic acids is 1. The molecule has 21 heavy (non-hydrogen) atoms. The molecule has 0 heterocycles. The van der Waals surface area contributed by atoms with Crippen LogP contribution >= 0.6 is 12.4 Å². The zero-order valence-electron chi connectivity index (χ0n) is 12.0. The van der Waals surface area contributed by atoms with E-state index >= 15 is 0 Å². The number of hydrogen-bond donors (Lipinski definition) is 2. The van der Waals surface area contributed by atoms with Gasteiger partial charge in [0.25, 0.3) is 0 Å². The molecule has 0 aliphatic rings. The van der Waals surface area contributed by atoms with Gasteiger partial charge in [-0.25, -0.2) is 0 Å². The molecule has 3 nitrogen and oxygen atoms in total. The third-order valence-corrected chi connectivity index (χ3v) is 2.80. The van der Waals surface area contributed by atoms with Gasteiger partial charge >= 0.3 is 6.18 Å². The van der Waals surface area contributed by atoms with E-state index in [4.69, 9.17) is 0 Å². The van der Waals surface area contributed by atoms with Gasteiger partial charge in [0.1, 0.15) is 0 Å². The highest BCUT2D eigenvalue weighted by Gasteiger charge is 2.29. The molecule has 1 atom stereocenters. The molecule has 1 rings (SSSR count). The Labute approximate surface area is 128 Å². The molecule has 0 aliphatic carbocycles. The summed E-state index contributed by atoms with van der Waals surface area (Å²) in [6.45, 7) is 5.23. The second-order valence-electron chi connectivity index (χ2n) is 4.63. The van der Waals surface area contributed by atoms with Crippen LogP contribution in [-0.4, -0.2) is 25.0 Å². The normalized spacial score (nSPS) is 12.4. The molecule has 0 aliphatic heterocycles. The van der Waals surface area contributed by atoms with E-state index in [9.17, 15) is 18.0 Å². The molecule has 1 amide bonds. The van der Waals surface area contributed by atoms with Crippen LogP contribution in [-0.2, 0) is 17.4 Å². The first kappa shape index (κ1) is 19.7. The lowest BCUT2D eigenvalue weighted by Gasteiger charge is -2.13. The molecule has 0 radical (unpaired) electrons. The fourth-order valence-corrected chi connectivity index (χ4v) is 1.75. The standard InChI is InChI=1S/C14H19F3N2O.ClH/c1-3-18-10(2)9-19-13(20)8-11-4-6-12(7-5-11)14(15,16)17;/h4-7,10,18H,3,8-9H2,1-2H3,(H,19,20);1H/t10-;/m1./s1. The topological polar surface area (TPSA) is 41.1 Å². The van der Waals surface area contributed by atoms with Crippen molar-refractivity contribution in [2.45, 2.75) is 32.5 Å². The van der Waals surface area contributed by atoms with Crippen LogP contribution in [0.15, 0.2) is 24.3 Å². The van der Waals surface area contributed by atoms with Crippen molar-refractivity contribution >= 4 is 18.3 Å². The highest BCUT2D eigenvalue weighted by atomic mass is 35.5. The molecular weight excluding hydrogens is 305 g/mol. The van der Waals surface area contributed by atoms with Crippen molar-refractivity contribution in [1.29, 1.82) is 0 Å².